The average Bonchev–Trinajstić information content (AvgIpc) is 2.88. The Morgan fingerprint density at radius 3 is 1.29 bits per heavy atom. The van der Waals surface area contributed by atoms with Crippen LogP contribution in [0.4, 0.5) is 0 Å². The highest BCUT2D eigenvalue weighted by atomic mass is 28.4. The molecule has 0 saturated heterocycles. The van der Waals surface area contributed by atoms with E-state index in [1.165, 1.54) is 83.5 Å². The third-order valence-corrected chi connectivity index (χ3v) is 10.2. The molecule has 0 aliphatic heterocycles. The van der Waals surface area contributed by atoms with Crippen molar-refractivity contribution < 1.29 is 27.5 Å². The molecule has 1 unspecified atom stereocenters. The lowest BCUT2D eigenvalue weighted by Gasteiger charge is -2.33. The lowest BCUT2D eigenvalue weighted by molar-refractivity contribution is 0.0139. The summed E-state index contributed by atoms with van der Waals surface area (Å²) in [4.78, 5) is 0. The van der Waals surface area contributed by atoms with Crippen molar-refractivity contribution in [3.63, 3.8) is 0 Å². The molecule has 0 saturated carbocycles. The fourth-order valence-corrected chi connectivity index (χ4v) is 7.37. The molecule has 1 atom stereocenters. The van der Waals surface area contributed by atoms with E-state index in [2.05, 4.69) is 20.8 Å². The standard InChI is InChI=1S/C30H65NO6Si/c1-7-8-9-10-11-12-13-14-15-16-17-18-20-29(30(2,3)31)21-19-28-38(35-25-22-32-4,36-26-23-33-5)37-27-24-34-6/h29H,7-28,31H2,1-6H3. The van der Waals surface area contributed by atoms with Crippen LogP contribution in [0.25, 0.3) is 0 Å². The van der Waals surface area contributed by atoms with E-state index in [4.69, 9.17) is 33.2 Å². The normalized spacial score (nSPS) is 13.3. The minimum absolute atomic E-state index is 0.202. The van der Waals surface area contributed by atoms with Gasteiger partial charge in [0.05, 0.1) is 39.6 Å². The van der Waals surface area contributed by atoms with Crippen LogP contribution in [0.3, 0.4) is 0 Å². The number of hydrogen-bond donors (Lipinski definition) is 1. The molecular weight excluding hydrogens is 498 g/mol. The second kappa shape index (κ2) is 25.9. The maximum Gasteiger partial charge on any atom is 0.501 e. The first-order valence-corrected chi connectivity index (χ1v) is 17.5. The van der Waals surface area contributed by atoms with Crippen molar-refractivity contribution in [3.8, 4) is 0 Å². The van der Waals surface area contributed by atoms with Gasteiger partial charge in [-0.2, -0.15) is 0 Å². The summed E-state index contributed by atoms with van der Waals surface area (Å²) in [5.74, 6) is 0.467. The summed E-state index contributed by atoms with van der Waals surface area (Å²) in [7, 11) is 2.14. The van der Waals surface area contributed by atoms with E-state index in [1.54, 1.807) is 21.3 Å². The quantitative estimate of drug-likeness (QED) is 0.0735. The Morgan fingerprint density at radius 1 is 0.553 bits per heavy atom. The summed E-state index contributed by atoms with van der Waals surface area (Å²) in [5.41, 5.74) is 6.43. The number of methoxy groups -OCH3 is 3. The van der Waals surface area contributed by atoms with Crippen molar-refractivity contribution >= 4 is 8.80 Å². The van der Waals surface area contributed by atoms with Crippen LogP contribution >= 0.6 is 0 Å². The minimum Gasteiger partial charge on any atom is -0.382 e. The molecule has 0 aromatic rings. The molecule has 0 fully saturated rings. The van der Waals surface area contributed by atoms with Crippen molar-refractivity contribution in [2.45, 2.75) is 129 Å². The highest BCUT2D eigenvalue weighted by molar-refractivity contribution is 6.60. The van der Waals surface area contributed by atoms with E-state index >= 15 is 0 Å². The molecule has 0 aliphatic carbocycles. The zero-order chi connectivity index (χ0) is 28.4. The largest absolute Gasteiger partial charge is 0.501 e. The first-order chi connectivity index (χ1) is 18.3. The van der Waals surface area contributed by atoms with Crippen molar-refractivity contribution in [1.82, 2.24) is 0 Å². The van der Waals surface area contributed by atoms with Gasteiger partial charge in [-0.05, 0) is 39.0 Å². The van der Waals surface area contributed by atoms with Gasteiger partial charge in [0.2, 0.25) is 0 Å². The van der Waals surface area contributed by atoms with Gasteiger partial charge in [0.25, 0.3) is 0 Å². The van der Waals surface area contributed by atoms with Crippen molar-refractivity contribution in [3.05, 3.63) is 0 Å². The Labute approximate surface area is 237 Å². The van der Waals surface area contributed by atoms with Crippen LogP contribution in [0.15, 0.2) is 0 Å². The van der Waals surface area contributed by atoms with Gasteiger partial charge in [-0.1, -0.05) is 84.0 Å². The zero-order valence-corrected chi connectivity index (χ0v) is 27.2. The zero-order valence-electron chi connectivity index (χ0n) is 26.2. The molecule has 7 nitrogen and oxygen atoms in total. The molecule has 0 radical (unpaired) electrons. The highest BCUT2D eigenvalue weighted by Gasteiger charge is 2.41. The highest BCUT2D eigenvalue weighted by Crippen LogP contribution is 2.29. The summed E-state index contributed by atoms with van der Waals surface area (Å²) in [6.45, 7) is 9.50. The van der Waals surface area contributed by atoms with E-state index < -0.39 is 8.80 Å². The van der Waals surface area contributed by atoms with Crippen LogP contribution in [0.5, 0.6) is 0 Å². The average molecular weight is 564 g/mol. The van der Waals surface area contributed by atoms with Crippen LogP contribution in [0, 0.1) is 5.92 Å². The summed E-state index contributed by atoms with van der Waals surface area (Å²) < 4.78 is 34.3. The van der Waals surface area contributed by atoms with Crippen LogP contribution in [0.2, 0.25) is 6.04 Å². The lowest BCUT2D eigenvalue weighted by Crippen LogP contribution is -2.48. The van der Waals surface area contributed by atoms with Gasteiger partial charge >= 0.3 is 8.80 Å². The number of nitrogens with two attached hydrogens (primary N) is 1. The maximum atomic E-state index is 6.63. The lowest BCUT2D eigenvalue weighted by atomic mass is 9.81. The Balaban J connectivity index is 4.56. The second-order valence-corrected chi connectivity index (χ2v) is 14.0. The van der Waals surface area contributed by atoms with Gasteiger partial charge in [-0.15, -0.1) is 0 Å². The Bertz CT molecular complexity index is 465. The number of unbranched alkanes of at least 4 members (excludes halogenated alkanes) is 11. The van der Waals surface area contributed by atoms with Gasteiger partial charge in [-0.25, -0.2) is 0 Å². The fourth-order valence-electron chi connectivity index (χ4n) is 4.87. The van der Waals surface area contributed by atoms with Crippen LogP contribution in [-0.2, 0) is 27.5 Å². The molecule has 0 aromatic carbocycles. The first-order valence-electron chi connectivity index (χ1n) is 15.5. The smallest absolute Gasteiger partial charge is 0.382 e. The Hall–Kier alpha value is -0.0631. The van der Waals surface area contributed by atoms with E-state index in [0.29, 0.717) is 45.6 Å². The monoisotopic (exact) mass is 563 g/mol. The van der Waals surface area contributed by atoms with Gasteiger partial charge in [0.1, 0.15) is 0 Å². The molecule has 2 N–H and O–H groups in total. The van der Waals surface area contributed by atoms with Crippen LogP contribution < -0.4 is 5.73 Å². The molecule has 0 heterocycles. The first kappa shape index (κ1) is 37.9. The maximum absolute atomic E-state index is 6.63. The van der Waals surface area contributed by atoms with Crippen molar-refractivity contribution in [1.29, 1.82) is 0 Å². The fraction of sp³-hybridized carbons (Fsp3) is 1.00. The number of hydrogen-bond acceptors (Lipinski definition) is 7. The van der Waals surface area contributed by atoms with Crippen LogP contribution in [0.1, 0.15) is 117 Å². The molecule has 0 amide bonds. The molecular formula is C30H65NO6Si. The third-order valence-electron chi connectivity index (χ3n) is 7.32. The molecule has 8 heteroatoms. The van der Waals surface area contributed by atoms with Gasteiger partial charge in [0.15, 0.2) is 0 Å². The number of ether oxygens (including phenoxy) is 3. The van der Waals surface area contributed by atoms with Crippen molar-refractivity contribution in [2.75, 3.05) is 61.0 Å². The van der Waals surface area contributed by atoms with Gasteiger partial charge < -0.3 is 33.2 Å². The van der Waals surface area contributed by atoms with E-state index in [-0.39, 0.29) is 5.54 Å². The molecule has 0 rings (SSSR count). The Morgan fingerprint density at radius 2 is 0.921 bits per heavy atom. The summed E-state index contributed by atoms with van der Waals surface area (Å²) >= 11 is 0. The third kappa shape index (κ3) is 21.7. The number of rotatable bonds is 30. The molecule has 230 valence electrons. The summed E-state index contributed by atoms with van der Waals surface area (Å²) in [6.07, 6.45) is 19.7. The van der Waals surface area contributed by atoms with Gasteiger partial charge in [0, 0.05) is 32.9 Å². The van der Waals surface area contributed by atoms with E-state index in [0.717, 1.165) is 18.9 Å². The van der Waals surface area contributed by atoms with Crippen LogP contribution in [-0.4, -0.2) is 75.3 Å². The predicted molar refractivity (Wildman–Crippen MR) is 161 cm³/mol. The van der Waals surface area contributed by atoms with Crippen molar-refractivity contribution in [2.24, 2.45) is 11.7 Å². The molecule has 38 heavy (non-hydrogen) atoms. The van der Waals surface area contributed by atoms with Gasteiger partial charge in [-0.3, -0.25) is 0 Å². The molecule has 0 aliphatic rings. The Kier molecular flexibility index (Phi) is 25.8. The topological polar surface area (TPSA) is 81.4 Å². The van der Waals surface area contributed by atoms with E-state index in [1.807, 2.05) is 0 Å². The predicted octanol–water partition coefficient (Wildman–Crippen LogP) is 7.14. The second-order valence-electron chi connectivity index (χ2n) is 11.3. The summed E-state index contributed by atoms with van der Waals surface area (Å²) in [6, 6.07) is 0.759. The summed E-state index contributed by atoms with van der Waals surface area (Å²) in [5, 5.41) is 0. The molecule has 0 bridgehead atoms. The molecule has 0 aromatic heterocycles. The SMILES string of the molecule is CCCCCCCCCCCCCCC(CCC[Si](OCCOC)(OCCOC)OCCOC)C(C)(C)N. The van der Waals surface area contributed by atoms with E-state index in [9.17, 15) is 0 Å². The minimum atomic E-state index is -2.88. The molecule has 0 spiro atoms.